The molecule has 1 unspecified atom stereocenters. The van der Waals surface area contributed by atoms with Crippen molar-refractivity contribution in [1.29, 1.82) is 0 Å². The molecule has 0 fully saturated rings. The van der Waals surface area contributed by atoms with Crippen LogP contribution in [0.3, 0.4) is 0 Å². The molecule has 0 aromatic heterocycles. The second kappa shape index (κ2) is 62.6. The van der Waals surface area contributed by atoms with Crippen molar-refractivity contribution in [2.24, 2.45) is 0 Å². The normalized spacial score (nSPS) is 12.4. The van der Waals surface area contributed by atoms with Gasteiger partial charge in [0.25, 0.3) is 0 Å². The lowest BCUT2D eigenvalue weighted by molar-refractivity contribution is -0.167. The molecule has 74 heavy (non-hydrogen) atoms. The molecule has 0 spiro atoms. The molecule has 0 N–H and O–H groups in total. The fourth-order valence-corrected chi connectivity index (χ4v) is 9.45. The van der Waals surface area contributed by atoms with E-state index in [1.807, 2.05) is 0 Å². The van der Waals surface area contributed by atoms with Gasteiger partial charge < -0.3 is 14.2 Å². The maximum Gasteiger partial charge on any atom is 0.306 e. The Hall–Kier alpha value is -2.89. The molecule has 0 amide bonds. The van der Waals surface area contributed by atoms with Crippen molar-refractivity contribution in [3.8, 4) is 0 Å². The zero-order chi connectivity index (χ0) is 53.6. The van der Waals surface area contributed by atoms with E-state index in [9.17, 15) is 14.4 Å². The van der Waals surface area contributed by atoms with Gasteiger partial charge in [0.05, 0.1) is 0 Å². The molecule has 6 nitrogen and oxygen atoms in total. The van der Waals surface area contributed by atoms with Gasteiger partial charge in [-0.1, -0.05) is 300 Å². The highest BCUT2D eigenvalue weighted by Crippen LogP contribution is 2.17. The van der Waals surface area contributed by atoms with Crippen molar-refractivity contribution in [2.75, 3.05) is 13.2 Å². The molecule has 0 radical (unpaired) electrons. The van der Waals surface area contributed by atoms with Gasteiger partial charge in [0.2, 0.25) is 0 Å². The van der Waals surface area contributed by atoms with Crippen molar-refractivity contribution in [3.05, 3.63) is 60.8 Å². The maximum absolute atomic E-state index is 12.9. The van der Waals surface area contributed by atoms with Crippen LogP contribution in [0.4, 0.5) is 0 Å². The molecule has 0 saturated heterocycles. The Kier molecular flexibility index (Phi) is 60.2. The van der Waals surface area contributed by atoms with Crippen LogP contribution in [0.1, 0.15) is 335 Å². The van der Waals surface area contributed by atoms with Crippen LogP contribution < -0.4 is 0 Å². The standard InChI is InChI=1S/C68H122O6/c1-4-7-10-13-16-19-22-25-28-31-34-37-40-43-46-49-52-55-58-61-67(70)73-64-65(63-72-66(69)60-57-54-51-48-45-42-39-36-33-30-27-24-21-18-15-12-9-6-3)74-68(71)62-59-56-53-50-47-44-41-38-35-32-29-26-23-20-17-14-11-8-5-2/h7,10,16,19,25,28,30,33,36,39,65H,4-6,8-9,11-15,17-18,20-24,26-27,29,31-32,34-35,37-38,40-64H2,1-3H3/b10-7-,19-16-,28-25-,33-30-,39-36-. The summed E-state index contributed by atoms with van der Waals surface area (Å²) >= 11 is 0. The highest BCUT2D eigenvalue weighted by molar-refractivity contribution is 5.71. The van der Waals surface area contributed by atoms with E-state index >= 15 is 0 Å². The lowest BCUT2D eigenvalue weighted by Crippen LogP contribution is -2.30. The average molecular weight is 1040 g/mol. The molecule has 0 aliphatic rings. The van der Waals surface area contributed by atoms with Gasteiger partial charge in [0.15, 0.2) is 6.10 Å². The minimum atomic E-state index is -0.782. The number of unbranched alkanes of at least 4 members (excludes halogenated alkanes) is 39. The third-order valence-electron chi connectivity index (χ3n) is 14.3. The molecule has 0 rings (SSSR count). The van der Waals surface area contributed by atoms with Crippen LogP contribution in [-0.4, -0.2) is 37.2 Å². The number of hydrogen-bond acceptors (Lipinski definition) is 6. The zero-order valence-electron chi connectivity index (χ0n) is 49.4. The van der Waals surface area contributed by atoms with E-state index in [1.165, 1.54) is 199 Å². The van der Waals surface area contributed by atoms with Crippen LogP contribution in [0.15, 0.2) is 60.8 Å². The predicted molar refractivity (Wildman–Crippen MR) is 321 cm³/mol. The molecule has 0 aromatic carbocycles. The molecule has 6 heteroatoms. The Morgan fingerprint density at radius 1 is 0.297 bits per heavy atom. The number of carbonyl (C=O) groups is 3. The molecule has 0 bridgehead atoms. The fraction of sp³-hybridized carbons (Fsp3) is 0.809. The fourth-order valence-electron chi connectivity index (χ4n) is 9.45. The molecule has 0 saturated carbocycles. The predicted octanol–water partition coefficient (Wildman–Crippen LogP) is 21.9. The van der Waals surface area contributed by atoms with Crippen LogP contribution in [0.25, 0.3) is 0 Å². The number of allylic oxidation sites excluding steroid dienone is 10. The van der Waals surface area contributed by atoms with E-state index in [0.717, 1.165) is 96.3 Å². The molecular formula is C68H122O6. The summed E-state index contributed by atoms with van der Waals surface area (Å²) < 4.78 is 16.9. The van der Waals surface area contributed by atoms with Crippen LogP contribution in [0, 0.1) is 0 Å². The number of esters is 3. The highest BCUT2D eigenvalue weighted by Gasteiger charge is 2.19. The summed E-state index contributed by atoms with van der Waals surface area (Å²) in [5.74, 6) is -0.879. The van der Waals surface area contributed by atoms with Gasteiger partial charge >= 0.3 is 17.9 Å². The van der Waals surface area contributed by atoms with Gasteiger partial charge in [-0.3, -0.25) is 14.4 Å². The summed E-state index contributed by atoms with van der Waals surface area (Å²) in [5.41, 5.74) is 0. The molecule has 0 aromatic rings. The largest absolute Gasteiger partial charge is 0.462 e. The van der Waals surface area contributed by atoms with Crippen molar-refractivity contribution in [2.45, 2.75) is 341 Å². The quantitative estimate of drug-likeness (QED) is 0.0199. The Balaban J connectivity index is 4.38. The molecule has 430 valence electrons. The number of ether oxygens (including phenoxy) is 3. The summed E-state index contributed by atoms with van der Waals surface area (Å²) in [4.78, 5) is 38.3. The van der Waals surface area contributed by atoms with E-state index in [1.54, 1.807) is 0 Å². The molecule has 0 heterocycles. The Morgan fingerprint density at radius 3 is 0.905 bits per heavy atom. The first-order chi connectivity index (χ1) is 36.5. The van der Waals surface area contributed by atoms with Crippen LogP contribution in [-0.2, 0) is 28.6 Å². The van der Waals surface area contributed by atoms with Crippen LogP contribution in [0.5, 0.6) is 0 Å². The topological polar surface area (TPSA) is 78.9 Å². The minimum absolute atomic E-state index is 0.0791. The van der Waals surface area contributed by atoms with E-state index in [-0.39, 0.29) is 31.1 Å². The van der Waals surface area contributed by atoms with E-state index < -0.39 is 6.10 Å². The van der Waals surface area contributed by atoms with Gasteiger partial charge in [0, 0.05) is 19.3 Å². The molecule has 1 atom stereocenters. The Bertz CT molecular complexity index is 1330. The second-order valence-corrected chi connectivity index (χ2v) is 21.7. The van der Waals surface area contributed by atoms with Crippen molar-refractivity contribution >= 4 is 17.9 Å². The summed E-state index contributed by atoms with van der Waals surface area (Å²) in [5, 5.41) is 0. The number of rotatable bonds is 59. The highest BCUT2D eigenvalue weighted by atomic mass is 16.6. The third-order valence-corrected chi connectivity index (χ3v) is 14.3. The SMILES string of the molecule is CC/C=C\C/C=C\C/C=C\CCCCCCCCCCCC(=O)OCC(COC(=O)CCCCCCC/C=C\C=C/CCCCCCCCC)OC(=O)CCCCCCCCCCCCCCCCCCCCC. The van der Waals surface area contributed by atoms with Crippen LogP contribution >= 0.6 is 0 Å². The summed E-state index contributed by atoms with van der Waals surface area (Å²) in [7, 11) is 0. The Labute approximate surface area is 460 Å². The summed E-state index contributed by atoms with van der Waals surface area (Å²) in [6.07, 6.45) is 79.4. The van der Waals surface area contributed by atoms with Gasteiger partial charge in [-0.15, -0.1) is 0 Å². The second-order valence-electron chi connectivity index (χ2n) is 21.7. The van der Waals surface area contributed by atoms with Gasteiger partial charge in [-0.05, 0) is 77.0 Å². The summed E-state index contributed by atoms with van der Waals surface area (Å²) in [6, 6.07) is 0. The average Bonchev–Trinajstić information content (AvgIpc) is 3.40. The van der Waals surface area contributed by atoms with E-state index in [0.29, 0.717) is 19.3 Å². The lowest BCUT2D eigenvalue weighted by atomic mass is 10.0. The Morgan fingerprint density at radius 2 is 0.568 bits per heavy atom. The first-order valence-corrected chi connectivity index (χ1v) is 32.3. The molecule has 0 aliphatic carbocycles. The van der Waals surface area contributed by atoms with E-state index in [4.69, 9.17) is 14.2 Å². The van der Waals surface area contributed by atoms with Gasteiger partial charge in [-0.2, -0.15) is 0 Å². The third kappa shape index (κ3) is 60.0. The first kappa shape index (κ1) is 71.1. The lowest BCUT2D eigenvalue weighted by Gasteiger charge is -2.18. The summed E-state index contributed by atoms with van der Waals surface area (Å²) in [6.45, 7) is 6.56. The minimum Gasteiger partial charge on any atom is -0.462 e. The number of hydrogen-bond donors (Lipinski definition) is 0. The van der Waals surface area contributed by atoms with Crippen molar-refractivity contribution < 1.29 is 28.6 Å². The van der Waals surface area contributed by atoms with Crippen molar-refractivity contribution in [3.63, 3.8) is 0 Å². The monoisotopic (exact) mass is 1030 g/mol. The first-order valence-electron chi connectivity index (χ1n) is 32.3. The van der Waals surface area contributed by atoms with Gasteiger partial charge in [-0.25, -0.2) is 0 Å². The molecule has 0 aliphatic heterocycles. The smallest absolute Gasteiger partial charge is 0.306 e. The van der Waals surface area contributed by atoms with Gasteiger partial charge in [0.1, 0.15) is 13.2 Å². The van der Waals surface area contributed by atoms with Crippen LogP contribution in [0.2, 0.25) is 0 Å². The molecular weight excluding hydrogens is 913 g/mol. The number of carbonyl (C=O) groups excluding carboxylic acids is 3. The van der Waals surface area contributed by atoms with Crippen molar-refractivity contribution in [1.82, 2.24) is 0 Å². The van der Waals surface area contributed by atoms with E-state index in [2.05, 4.69) is 81.5 Å². The maximum atomic E-state index is 12.9. The zero-order valence-corrected chi connectivity index (χ0v) is 49.4.